The number of nitrogens with one attached hydrogen (secondary N) is 1. The van der Waals surface area contributed by atoms with Crippen molar-refractivity contribution in [3.05, 3.63) is 35.9 Å². The zero-order valence-electron chi connectivity index (χ0n) is 16.6. The van der Waals surface area contributed by atoms with Gasteiger partial charge in [-0.3, -0.25) is 9.59 Å². The summed E-state index contributed by atoms with van der Waals surface area (Å²) >= 11 is 0. The predicted octanol–water partition coefficient (Wildman–Crippen LogP) is 2.17. The molecule has 1 aromatic rings. The molecule has 1 saturated heterocycles. The third-order valence-electron chi connectivity index (χ3n) is 5.23. The van der Waals surface area contributed by atoms with Gasteiger partial charge < -0.3 is 15.1 Å². The van der Waals surface area contributed by atoms with Crippen LogP contribution in [-0.2, 0) is 16.0 Å². The fourth-order valence-electron chi connectivity index (χ4n) is 3.41. The molecule has 0 radical (unpaired) electrons. The molecule has 1 atom stereocenters. The average Bonchev–Trinajstić information content (AvgIpc) is 2.64. The Hall–Kier alpha value is -1.88. The first-order chi connectivity index (χ1) is 12.4. The Balaban J connectivity index is 1.80. The predicted molar refractivity (Wildman–Crippen MR) is 105 cm³/mol. The van der Waals surface area contributed by atoms with Crippen molar-refractivity contribution >= 4 is 11.8 Å². The largest absolute Gasteiger partial charge is 0.354 e. The molecule has 2 rings (SSSR count). The highest BCUT2D eigenvalue weighted by atomic mass is 16.2. The lowest BCUT2D eigenvalue weighted by Crippen LogP contribution is -2.47. The smallest absolute Gasteiger partial charge is 0.225 e. The van der Waals surface area contributed by atoms with E-state index < -0.39 is 0 Å². The fourth-order valence-corrected chi connectivity index (χ4v) is 3.41. The van der Waals surface area contributed by atoms with Gasteiger partial charge >= 0.3 is 0 Å². The topological polar surface area (TPSA) is 52.7 Å². The lowest BCUT2D eigenvalue weighted by atomic mass is 9.95. The Morgan fingerprint density at radius 2 is 1.77 bits per heavy atom. The summed E-state index contributed by atoms with van der Waals surface area (Å²) in [4.78, 5) is 28.7. The summed E-state index contributed by atoms with van der Waals surface area (Å²) in [5, 5.41) is 3.14. The van der Waals surface area contributed by atoms with Crippen molar-refractivity contribution in [1.29, 1.82) is 0 Å². The molecule has 1 aromatic carbocycles. The number of nitrogens with zero attached hydrogens (tertiary/aromatic N) is 2. The van der Waals surface area contributed by atoms with Gasteiger partial charge in [-0.05, 0) is 38.9 Å². The Bertz CT molecular complexity index is 578. The third kappa shape index (κ3) is 5.84. The Morgan fingerprint density at radius 1 is 1.15 bits per heavy atom. The molecule has 5 nitrogen and oxygen atoms in total. The van der Waals surface area contributed by atoms with Crippen LogP contribution in [0.3, 0.4) is 0 Å². The quantitative estimate of drug-likeness (QED) is 0.812. The lowest BCUT2D eigenvalue weighted by Gasteiger charge is -2.33. The number of likely N-dealkylation sites (N-methyl/N-ethyl adjacent to an activating group) is 1. The van der Waals surface area contributed by atoms with E-state index in [-0.39, 0.29) is 29.7 Å². The van der Waals surface area contributed by atoms with E-state index in [1.165, 1.54) is 5.56 Å². The van der Waals surface area contributed by atoms with Gasteiger partial charge in [-0.15, -0.1) is 0 Å². The molecular formula is C21H33N3O2. The number of carbonyl (C=O) groups is 2. The highest BCUT2D eigenvalue weighted by Gasteiger charge is 2.28. The van der Waals surface area contributed by atoms with Gasteiger partial charge in [0.25, 0.3) is 0 Å². The monoisotopic (exact) mass is 359 g/mol. The molecule has 1 aliphatic rings. The minimum atomic E-state index is 0.0192. The summed E-state index contributed by atoms with van der Waals surface area (Å²) in [6.07, 6.45) is 2.43. The number of hydrogen-bond acceptors (Lipinski definition) is 3. The normalized spacial score (nSPS) is 16.8. The van der Waals surface area contributed by atoms with Crippen LogP contribution in [0.4, 0.5) is 0 Å². The summed E-state index contributed by atoms with van der Waals surface area (Å²) in [5.41, 5.74) is 1.28. The molecule has 26 heavy (non-hydrogen) atoms. The van der Waals surface area contributed by atoms with E-state index in [0.29, 0.717) is 19.6 Å². The number of rotatable bonds is 7. The van der Waals surface area contributed by atoms with Crippen molar-refractivity contribution in [2.45, 2.75) is 39.2 Å². The second-order valence-corrected chi connectivity index (χ2v) is 7.81. The van der Waals surface area contributed by atoms with E-state index in [4.69, 9.17) is 0 Å². The first-order valence-electron chi connectivity index (χ1n) is 9.65. The third-order valence-corrected chi connectivity index (χ3v) is 5.23. The molecule has 5 heteroatoms. The van der Waals surface area contributed by atoms with Crippen LogP contribution in [0.1, 0.15) is 32.3 Å². The van der Waals surface area contributed by atoms with Crippen LogP contribution in [0.5, 0.6) is 0 Å². The number of carbonyl (C=O) groups excluding carboxylic acids is 2. The highest BCUT2D eigenvalue weighted by molar-refractivity contribution is 5.80. The Morgan fingerprint density at radius 3 is 2.31 bits per heavy atom. The van der Waals surface area contributed by atoms with Crippen LogP contribution in [0, 0.1) is 11.8 Å². The Kier molecular flexibility index (Phi) is 7.64. The molecule has 144 valence electrons. The van der Waals surface area contributed by atoms with Crippen molar-refractivity contribution in [2.75, 3.05) is 33.7 Å². The zero-order valence-corrected chi connectivity index (χ0v) is 16.6. The van der Waals surface area contributed by atoms with Gasteiger partial charge in [-0.1, -0.05) is 44.2 Å². The number of hydrogen-bond donors (Lipinski definition) is 1. The van der Waals surface area contributed by atoms with E-state index in [2.05, 4.69) is 36.4 Å². The fraction of sp³-hybridized carbons (Fsp3) is 0.619. The molecular weight excluding hydrogens is 326 g/mol. The van der Waals surface area contributed by atoms with Crippen molar-refractivity contribution in [1.82, 2.24) is 15.1 Å². The van der Waals surface area contributed by atoms with Crippen LogP contribution in [0.2, 0.25) is 0 Å². The summed E-state index contributed by atoms with van der Waals surface area (Å²) < 4.78 is 0. The maximum Gasteiger partial charge on any atom is 0.225 e. The minimum Gasteiger partial charge on any atom is -0.354 e. The van der Waals surface area contributed by atoms with E-state index >= 15 is 0 Å². The average molecular weight is 360 g/mol. The van der Waals surface area contributed by atoms with Crippen LogP contribution in [0.15, 0.2) is 30.3 Å². The van der Waals surface area contributed by atoms with E-state index in [1.54, 1.807) is 0 Å². The van der Waals surface area contributed by atoms with E-state index in [1.807, 2.05) is 36.9 Å². The number of likely N-dealkylation sites (tertiary alicyclic amines) is 1. The highest BCUT2D eigenvalue weighted by Crippen LogP contribution is 2.19. The molecule has 0 saturated carbocycles. The van der Waals surface area contributed by atoms with Crippen molar-refractivity contribution < 1.29 is 9.59 Å². The van der Waals surface area contributed by atoms with Gasteiger partial charge in [-0.2, -0.15) is 0 Å². The van der Waals surface area contributed by atoms with Crippen molar-refractivity contribution in [2.24, 2.45) is 11.8 Å². The second kappa shape index (κ2) is 9.72. The number of amides is 2. The van der Waals surface area contributed by atoms with Gasteiger partial charge in [0.05, 0.1) is 0 Å². The molecule has 1 heterocycles. The minimum absolute atomic E-state index is 0.0192. The maximum atomic E-state index is 12.6. The van der Waals surface area contributed by atoms with Crippen molar-refractivity contribution in [3.8, 4) is 0 Å². The van der Waals surface area contributed by atoms with E-state index in [9.17, 15) is 9.59 Å². The first kappa shape index (κ1) is 20.4. The van der Waals surface area contributed by atoms with Crippen LogP contribution < -0.4 is 5.32 Å². The number of piperidine rings is 1. The van der Waals surface area contributed by atoms with Crippen molar-refractivity contribution in [3.63, 3.8) is 0 Å². The zero-order chi connectivity index (χ0) is 19.1. The molecule has 1 fully saturated rings. The van der Waals surface area contributed by atoms with Gasteiger partial charge in [-0.25, -0.2) is 0 Å². The lowest BCUT2D eigenvalue weighted by molar-refractivity contribution is -0.138. The summed E-state index contributed by atoms with van der Waals surface area (Å²) in [6.45, 7) is 5.88. The van der Waals surface area contributed by atoms with Crippen LogP contribution >= 0.6 is 0 Å². The summed E-state index contributed by atoms with van der Waals surface area (Å²) in [7, 11) is 4.10. The van der Waals surface area contributed by atoms with Gasteiger partial charge in [0.1, 0.15) is 0 Å². The molecule has 1 aliphatic heterocycles. The molecule has 0 aromatic heterocycles. The van der Waals surface area contributed by atoms with Crippen LogP contribution in [0.25, 0.3) is 0 Å². The van der Waals surface area contributed by atoms with Gasteiger partial charge in [0.2, 0.25) is 11.8 Å². The molecule has 2 amide bonds. The maximum absolute atomic E-state index is 12.6. The van der Waals surface area contributed by atoms with Gasteiger partial charge in [0.15, 0.2) is 0 Å². The molecule has 0 bridgehead atoms. The van der Waals surface area contributed by atoms with E-state index in [0.717, 1.165) is 19.3 Å². The SMILES string of the molecule is CC(C)C(=O)N1CCC(C(=O)NCC(Cc2ccccc2)N(C)C)CC1. The van der Waals surface area contributed by atoms with Gasteiger partial charge in [0, 0.05) is 37.5 Å². The standard InChI is InChI=1S/C21H33N3O2/c1-16(2)21(26)24-12-10-18(11-13-24)20(25)22-15-19(23(3)4)14-17-8-6-5-7-9-17/h5-9,16,18-19H,10-15H2,1-4H3,(H,22,25). The Labute approximate surface area is 157 Å². The molecule has 1 unspecified atom stereocenters. The summed E-state index contributed by atoms with van der Waals surface area (Å²) in [5.74, 6) is 0.367. The molecule has 0 aliphatic carbocycles. The second-order valence-electron chi connectivity index (χ2n) is 7.81. The summed E-state index contributed by atoms with van der Waals surface area (Å²) in [6, 6.07) is 10.6. The first-order valence-corrected chi connectivity index (χ1v) is 9.65. The van der Waals surface area contributed by atoms with Crippen LogP contribution in [-0.4, -0.2) is 61.4 Å². The molecule has 1 N–H and O–H groups in total. The molecule has 0 spiro atoms. The number of benzene rings is 1.